The first kappa shape index (κ1) is 16.5. The molecule has 118 valence electrons. The third kappa shape index (κ3) is 5.12. The molecule has 0 radical (unpaired) electrons. The van der Waals surface area contributed by atoms with Gasteiger partial charge in [-0.25, -0.2) is 0 Å². The topological polar surface area (TPSA) is 15.3 Å². The van der Waals surface area contributed by atoms with Crippen LogP contribution in [0.15, 0.2) is 24.3 Å². The first-order valence-electron chi connectivity index (χ1n) is 8.54. The van der Waals surface area contributed by atoms with Crippen LogP contribution in [0.5, 0.6) is 0 Å². The van der Waals surface area contributed by atoms with Crippen molar-refractivity contribution in [3.63, 3.8) is 0 Å². The Morgan fingerprint density at radius 3 is 2.52 bits per heavy atom. The van der Waals surface area contributed by atoms with Gasteiger partial charge in [-0.3, -0.25) is 4.90 Å². The Balaban J connectivity index is 1.96. The predicted octanol–water partition coefficient (Wildman–Crippen LogP) is 3.95. The molecule has 0 bridgehead atoms. The van der Waals surface area contributed by atoms with Gasteiger partial charge in [0.15, 0.2) is 0 Å². The summed E-state index contributed by atoms with van der Waals surface area (Å²) in [6.45, 7) is 13.8. The Morgan fingerprint density at radius 1 is 1.19 bits per heavy atom. The van der Waals surface area contributed by atoms with E-state index in [0.29, 0.717) is 6.04 Å². The summed E-state index contributed by atoms with van der Waals surface area (Å²) in [4.78, 5) is 2.62. The first-order valence-corrected chi connectivity index (χ1v) is 8.54. The summed E-state index contributed by atoms with van der Waals surface area (Å²) in [6, 6.07) is 9.90. The number of nitrogens with zero attached hydrogens (tertiary/aromatic N) is 1. The Bertz CT molecular complexity index is 416. The SMILES string of the molecule is CCCC1CN(Cc2ccc(C(C)(C)C)cc2)CCCN1. The summed E-state index contributed by atoms with van der Waals surface area (Å²) < 4.78 is 0. The van der Waals surface area contributed by atoms with Gasteiger partial charge in [0.2, 0.25) is 0 Å². The van der Waals surface area contributed by atoms with Crippen molar-refractivity contribution in [1.29, 1.82) is 0 Å². The van der Waals surface area contributed by atoms with Crippen LogP contribution in [-0.4, -0.2) is 30.6 Å². The van der Waals surface area contributed by atoms with E-state index in [4.69, 9.17) is 0 Å². The molecule has 1 aliphatic rings. The predicted molar refractivity (Wildman–Crippen MR) is 91.7 cm³/mol. The Morgan fingerprint density at radius 2 is 1.90 bits per heavy atom. The maximum Gasteiger partial charge on any atom is 0.0234 e. The summed E-state index contributed by atoms with van der Waals surface area (Å²) in [7, 11) is 0. The van der Waals surface area contributed by atoms with E-state index in [2.05, 4.69) is 62.2 Å². The van der Waals surface area contributed by atoms with E-state index in [1.54, 1.807) is 0 Å². The zero-order valence-corrected chi connectivity index (χ0v) is 14.3. The molecule has 2 nitrogen and oxygen atoms in total. The lowest BCUT2D eigenvalue weighted by molar-refractivity contribution is 0.255. The van der Waals surface area contributed by atoms with Crippen LogP contribution in [0, 0.1) is 0 Å². The molecule has 1 heterocycles. The van der Waals surface area contributed by atoms with Crippen molar-refractivity contribution in [2.24, 2.45) is 0 Å². The molecule has 1 aromatic rings. The molecule has 0 aliphatic carbocycles. The van der Waals surface area contributed by atoms with Crippen molar-refractivity contribution in [2.75, 3.05) is 19.6 Å². The van der Waals surface area contributed by atoms with E-state index >= 15 is 0 Å². The minimum Gasteiger partial charge on any atom is -0.313 e. The lowest BCUT2D eigenvalue weighted by atomic mass is 9.87. The van der Waals surface area contributed by atoms with Crippen LogP contribution in [0.3, 0.4) is 0 Å². The van der Waals surface area contributed by atoms with Crippen LogP contribution in [-0.2, 0) is 12.0 Å². The zero-order valence-electron chi connectivity index (χ0n) is 14.3. The average Bonchev–Trinajstić information content (AvgIpc) is 2.64. The summed E-state index contributed by atoms with van der Waals surface area (Å²) >= 11 is 0. The highest BCUT2D eigenvalue weighted by Gasteiger charge is 2.17. The van der Waals surface area contributed by atoms with Gasteiger partial charge < -0.3 is 5.32 Å². The van der Waals surface area contributed by atoms with Gasteiger partial charge in [-0.15, -0.1) is 0 Å². The fourth-order valence-corrected chi connectivity index (χ4v) is 3.13. The lowest BCUT2D eigenvalue weighted by Gasteiger charge is -2.25. The van der Waals surface area contributed by atoms with Gasteiger partial charge >= 0.3 is 0 Å². The molecule has 21 heavy (non-hydrogen) atoms. The standard InChI is InChI=1S/C19H32N2/c1-5-7-18-15-21(13-6-12-20-18)14-16-8-10-17(11-9-16)19(2,3)4/h8-11,18,20H,5-7,12-15H2,1-4H3. The second-order valence-corrected chi connectivity index (χ2v) is 7.48. The molecule has 1 saturated heterocycles. The van der Waals surface area contributed by atoms with Gasteiger partial charge in [0.05, 0.1) is 0 Å². The smallest absolute Gasteiger partial charge is 0.0234 e. The Kier molecular flexibility index (Phi) is 5.83. The van der Waals surface area contributed by atoms with E-state index < -0.39 is 0 Å². The molecule has 1 unspecified atom stereocenters. The third-order valence-corrected chi connectivity index (χ3v) is 4.43. The van der Waals surface area contributed by atoms with Gasteiger partial charge in [0, 0.05) is 19.1 Å². The van der Waals surface area contributed by atoms with Crippen molar-refractivity contribution in [3.05, 3.63) is 35.4 Å². The molecule has 0 spiro atoms. The second kappa shape index (κ2) is 7.42. The largest absolute Gasteiger partial charge is 0.313 e. The normalized spacial score (nSPS) is 21.2. The monoisotopic (exact) mass is 288 g/mol. The van der Waals surface area contributed by atoms with Gasteiger partial charge in [0.25, 0.3) is 0 Å². The molecule has 2 heteroatoms. The minimum atomic E-state index is 0.247. The van der Waals surface area contributed by atoms with Crippen molar-refractivity contribution in [1.82, 2.24) is 10.2 Å². The molecule has 1 aliphatic heterocycles. The van der Waals surface area contributed by atoms with Gasteiger partial charge in [0.1, 0.15) is 0 Å². The Hall–Kier alpha value is -0.860. The fraction of sp³-hybridized carbons (Fsp3) is 0.684. The van der Waals surface area contributed by atoms with E-state index in [1.807, 2.05) is 0 Å². The molecule has 1 N–H and O–H groups in total. The lowest BCUT2D eigenvalue weighted by Crippen LogP contribution is -2.37. The number of hydrogen-bond acceptors (Lipinski definition) is 2. The van der Waals surface area contributed by atoms with E-state index in [1.165, 1.54) is 50.0 Å². The summed E-state index contributed by atoms with van der Waals surface area (Å²) in [5.74, 6) is 0. The minimum absolute atomic E-state index is 0.247. The quantitative estimate of drug-likeness (QED) is 0.902. The highest BCUT2D eigenvalue weighted by Crippen LogP contribution is 2.22. The van der Waals surface area contributed by atoms with Crippen molar-refractivity contribution in [3.8, 4) is 0 Å². The van der Waals surface area contributed by atoms with E-state index in [-0.39, 0.29) is 5.41 Å². The number of nitrogens with one attached hydrogen (secondary N) is 1. The summed E-state index contributed by atoms with van der Waals surface area (Å²) in [5.41, 5.74) is 3.12. The number of benzene rings is 1. The van der Waals surface area contributed by atoms with Crippen LogP contribution in [0.1, 0.15) is 58.1 Å². The molecular weight excluding hydrogens is 256 g/mol. The van der Waals surface area contributed by atoms with E-state index in [9.17, 15) is 0 Å². The maximum absolute atomic E-state index is 3.69. The second-order valence-electron chi connectivity index (χ2n) is 7.48. The molecule has 1 atom stereocenters. The molecule has 1 fully saturated rings. The first-order chi connectivity index (χ1) is 9.99. The van der Waals surface area contributed by atoms with Crippen molar-refractivity contribution >= 4 is 0 Å². The third-order valence-electron chi connectivity index (χ3n) is 4.43. The molecular formula is C19H32N2. The van der Waals surface area contributed by atoms with Crippen LogP contribution in [0.4, 0.5) is 0 Å². The number of hydrogen-bond donors (Lipinski definition) is 1. The highest BCUT2D eigenvalue weighted by atomic mass is 15.2. The van der Waals surface area contributed by atoms with E-state index in [0.717, 1.165) is 6.54 Å². The summed E-state index contributed by atoms with van der Waals surface area (Å²) in [6.07, 6.45) is 3.82. The zero-order chi connectivity index (χ0) is 15.3. The Labute approximate surface area is 130 Å². The van der Waals surface area contributed by atoms with Crippen molar-refractivity contribution < 1.29 is 0 Å². The van der Waals surface area contributed by atoms with Gasteiger partial charge in [-0.2, -0.15) is 0 Å². The van der Waals surface area contributed by atoms with Crippen LogP contribution < -0.4 is 5.32 Å². The van der Waals surface area contributed by atoms with Gasteiger partial charge in [-0.05, 0) is 42.5 Å². The average molecular weight is 288 g/mol. The molecule has 0 saturated carbocycles. The van der Waals surface area contributed by atoms with Crippen LogP contribution in [0.2, 0.25) is 0 Å². The van der Waals surface area contributed by atoms with Crippen molar-refractivity contribution in [2.45, 2.75) is 65.0 Å². The molecule has 0 aromatic heterocycles. The maximum atomic E-state index is 3.69. The highest BCUT2D eigenvalue weighted by molar-refractivity contribution is 5.27. The summed E-state index contributed by atoms with van der Waals surface area (Å²) in [5, 5.41) is 3.69. The van der Waals surface area contributed by atoms with Gasteiger partial charge in [-0.1, -0.05) is 58.4 Å². The molecule has 0 amide bonds. The molecule has 1 aromatic carbocycles. The fourth-order valence-electron chi connectivity index (χ4n) is 3.13. The number of rotatable bonds is 4. The van der Waals surface area contributed by atoms with Crippen LogP contribution in [0.25, 0.3) is 0 Å². The van der Waals surface area contributed by atoms with Crippen LogP contribution >= 0.6 is 0 Å². The molecule has 2 rings (SSSR count).